The van der Waals surface area contributed by atoms with Crippen LogP contribution in [0.2, 0.25) is 0 Å². The Kier molecular flexibility index (Phi) is 5.63. The summed E-state index contributed by atoms with van der Waals surface area (Å²) in [6.07, 6.45) is 1.85. The zero-order valence-corrected chi connectivity index (χ0v) is 16.8. The molecule has 4 rings (SSSR count). The predicted octanol–water partition coefficient (Wildman–Crippen LogP) is 4.81. The fraction of sp³-hybridized carbons (Fsp3) is 0.261. The molecule has 0 unspecified atom stereocenters. The number of thiophene rings is 1. The van der Waals surface area contributed by atoms with E-state index in [1.165, 1.54) is 16.8 Å². The van der Waals surface area contributed by atoms with Crippen molar-refractivity contribution in [1.82, 2.24) is 5.32 Å². The van der Waals surface area contributed by atoms with Gasteiger partial charge in [-0.05, 0) is 61.2 Å². The monoisotopic (exact) mass is 392 g/mol. The summed E-state index contributed by atoms with van der Waals surface area (Å²) in [5, 5.41) is 4.16. The van der Waals surface area contributed by atoms with Crippen LogP contribution >= 0.6 is 11.3 Å². The van der Waals surface area contributed by atoms with Gasteiger partial charge in [-0.3, -0.25) is 4.79 Å². The normalized spacial score (nSPS) is 12.7. The first-order valence-electron chi connectivity index (χ1n) is 9.70. The van der Waals surface area contributed by atoms with E-state index in [9.17, 15) is 4.79 Å². The molecule has 2 aromatic carbocycles. The highest BCUT2D eigenvalue weighted by molar-refractivity contribution is 7.18. The topological polar surface area (TPSA) is 41.6 Å². The van der Waals surface area contributed by atoms with E-state index in [4.69, 9.17) is 4.74 Å². The fourth-order valence-electron chi connectivity index (χ4n) is 3.49. The van der Waals surface area contributed by atoms with Crippen molar-refractivity contribution >= 4 is 27.9 Å². The van der Waals surface area contributed by atoms with Crippen molar-refractivity contribution < 1.29 is 9.53 Å². The molecule has 1 aliphatic heterocycles. The highest BCUT2D eigenvalue weighted by Gasteiger charge is 2.22. The maximum Gasteiger partial charge on any atom is 0.261 e. The summed E-state index contributed by atoms with van der Waals surface area (Å²) < 4.78 is 5.46. The molecule has 3 aromatic rings. The summed E-state index contributed by atoms with van der Waals surface area (Å²) in [5.41, 5.74) is 3.81. The molecular formula is C23H24N2O2S. The Bertz CT molecular complexity index is 949. The van der Waals surface area contributed by atoms with Crippen molar-refractivity contribution in [2.24, 2.45) is 0 Å². The first kappa shape index (κ1) is 18.6. The van der Waals surface area contributed by atoms with Gasteiger partial charge in [0, 0.05) is 18.8 Å². The molecule has 28 heavy (non-hydrogen) atoms. The number of amides is 1. The third-order valence-electron chi connectivity index (χ3n) is 4.90. The van der Waals surface area contributed by atoms with Crippen LogP contribution in [-0.4, -0.2) is 25.6 Å². The Hall–Kier alpha value is -2.79. The van der Waals surface area contributed by atoms with Gasteiger partial charge in [-0.25, -0.2) is 0 Å². The molecule has 0 radical (unpaired) electrons. The highest BCUT2D eigenvalue weighted by Crippen LogP contribution is 2.38. The van der Waals surface area contributed by atoms with Gasteiger partial charge in [-0.15, -0.1) is 11.3 Å². The van der Waals surface area contributed by atoms with Gasteiger partial charge in [0.25, 0.3) is 5.91 Å². The summed E-state index contributed by atoms with van der Waals surface area (Å²) in [6, 6.07) is 20.5. The lowest BCUT2D eigenvalue weighted by Gasteiger charge is -2.16. The number of rotatable bonds is 7. The molecule has 0 fully saturated rings. The average molecular weight is 393 g/mol. The average Bonchev–Trinajstić information content (AvgIpc) is 3.36. The Morgan fingerprint density at radius 3 is 2.75 bits per heavy atom. The first-order chi connectivity index (χ1) is 13.7. The minimum absolute atomic E-state index is 0.00494. The van der Waals surface area contributed by atoms with E-state index in [1.54, 1.807) is 11.3 Å². The van der Waals surface area contributed by atoms with Gasteiger partial charge in [0.15, 0.2) is 0 Å². The summed E-state index contributed by atoms with van der Waals surface area (Å²) in [7, 11) is 0. The highest BCUT2D eigenvalue weighted by atomic mass is 32.1. The van der Waals surface area contributed by atoms with Crippen LogP contribution in [0.25, 0.3) is 0 Å². The van der Waals surface area contributed by atoms with Crippen molar-refractivity contribution in [3.8, 4) is 5.75 Å². The standard InChI is InChI=1S/C23H24N2O2S/c1-2-27-19-9-7-17(8-10-19)13-15-24-23(26)21-11-12-22(28-21)25-16-14-18-5-3-4-6-20(18)25/h3-12H,2,13-16H2,1H3,(H,24,26). The van der Waals surface area contributed by atoms with E-state index in [0.717, 1.165) is 35.0 Å². The van der Waals surface area contributed by atoms with E-state index in [-0.39, 0.29) is 5.91 Å². The molecule has 4 nitrogen and oxygen atoms in total. The summed E-state index contributed by atoms with van der Waals surface area (Å²) in [4.78, 5) is 15.6. The van der Waals surface area contributed by atoms with Crippen molar-refractivity contribution in [1.29, 1.82) is 0 Å². The van der Waals surface area contributed by atoms with E-state index >= 15 is 0 Å². The number of nitrogens with one attached hydrogen (secondary N) is 1. The maximum atomic E-state index is 12.5. The Morgan fingerprint density at radius 2 is 1.93 bits per heavy atom. The second kappa shape index (κ2) is 8.48. The van der Waals surface area contributed by atoms with Crippen LogP contribution < -0.4 is 15.0 Å². The number of benzene rings is 2. The minimum Gasteiger partial charge on any atom is -0.494 e. The fourth-order valence-corrected chi connectivity index (χ4v) is 4.45. The second-order valence-corrected chi connectivity index (χ2v) is 7.81. The van der Waals surface area contributed by atoms with Gasteiger partial charge >= 0.3 is 0 Å². The van der Waals surface area contributed by atoms with Gasteiger partial charge in [0.05, 0.1) is 16.5 Å². The molecule has 1 aliphatic rings. The smallest absolute Gasteiger partial charge is 0.261 e. The van der Waals surface area contributed by atoms with Crippen molar-refractivity contribution in [3.63, 3.8) is 0 Å². The Morgan fingerprint density at radius 1 is 1.11 bits per heavy atom. The zero-order valence-electron chi connectivity index (χ0n) is 16.0. The summed E-state index contributed by atoms with van der Waals surface area (Å²) in [5.74, 6) is 0.875. The lowest BCUT2D eigenvalue weighted by atomic mass is 10.1. The van der Waals surface area contributed by atoms with Gasteiger partial charge in [-0.1, -0.05) is 30.3 Å². The number of nitrogens with zero attached hydrogens (tertiary/aromatic N) is 1. The summed E-state index contributed by atoms with van der Waals surface area (Å²) in [6.45, 7) is 4.23. The molecular weight excluding hydrogens is 368 g/mol. The third kappa shape index (κ3) is 4.04. The van der Waals surface area contributed by atoms with Gasteiger partial charge < -0.3 is 15.0 Å². The van der Waals surface area contributed by atoms with Gasteiger partial charge in [0.1, 0.15) is 5.75 Å². The number of ether oxygens (including phenoxy) is 1. The molecule has 0 atom stereocenters. The van der Waals surface area contributed by atoms with Gasteiger partial charge in [0.2, 0.25) is 0 Å². The van der Waals surface area contributed by atoms with Crippen molar-refractivity contribution in [3.05, 3.63) is 76.7 Å². The molecule has 144 valence electrons. The largest absolute Gasteiger partial charge is 0.494 e. The molecule has 0 saturated heterocycles. The van der Waals surface area contributed by atoms with Crippen LogP contribution in [0.1, 0.15) is 27.7 Å². The molecule has 1 aromatic heterocycles. The van der Waals surface area contributed by atoms with E-state index < -0.39 is 0 Å². The zero-order chi connectivity index (χ0) is 19.3. The van der Waals surface area contributed by atoms with Crippen molar-refractivity contribution in [2.75, 3.05) is 24.6 Å². The van der Waals surface area contributed by atoms with Crippen LogP contribution in [0, 0.1) is 0 Å². The molecule has 0 spiro atoms. The number of fused-ring (bicyclic) bond motifs is 1. The Labute approximate surface area is 169 Å². The number of para-hydroxylation sites is 1. The number of carbonyl (C=O) groups excluding carboxylic acids is 1. The summed E-state index contributed by atoms with van der Waals surface area (Å²) >= 11 is 1.55. The van der Waals surface area contributed by atoms with Crippen molar-refractivity contribution in [2.45, 2.75) is 19.8 Å². The predicted molar refractivity (Wildman–Crippen MR) is 115 cm³/mol. The first-order valence-corrected chi connectivity index (χ1v) is 10.5. The van der Waals surface area contributed by atoms with Crippen LogP contribution in [0.4, 0.5) is 10.7 Å². The van der Waals surface area contributed by atoms with Crippen LogP contribution in [0.3, 0.4) is 0 Å². The number of anilines is 2. The number of hydrogen-bond acceptors (Lipinski definition) is 4. The van der Waals surface area contributed by atoms with E-state index in [2.05, 4.69) is 34.5 Å². The third-order valence-corrected chi connectivity index (χ3v) is 6.01. The molecule has 0 bridgehead atoms. The maximum absolute atomic E-state index is 12.5. The lowest BCUT2D eigenvalue weighted by Crippen LogP contribution is -2.24. The minimum atomic E-state index is -0.00494. The van der Waals surface area contributed by atoms with E-state index in [0.29, 0.717) is 13.2 Å². The SMILES string of the molecule is CCOc1ccc(CCNC(=O)c2ccc(N3CCc4ccccc43)s2)cc1. The van der Waals surface area contributed by atoms with Crippen LogP contribution in [-0.2, 0) is 12.8 Å². The Balaban J connectivity index is 1.32. The molecule has 1 amide bonds. The molecule has 2 heterocycles. The molecule has 1 N–H and O–H groups in total. The van der Waals surface area contributed by atoms with Gasteiger partial charge in [-0.2, -0.15) is 0 Å². The number of carbonyl (C=O) groups is 1. The van der Waals surface area contributed by atoms with E-state index in [1.807, 2.05) is 43.3 Å². The molecule has 0 aliphatic carbocycles. The lowest BCUT2D eigenvalue weighted by molar-refractivity contribution is 0.0958. The molecule has 0 saturated carbocycles. The van der Waals surface area contributed by atoms with Crippen LogP contribution in [0.15, 0.2) is 60.7 Å². The molecule has 5 heteroatoms. The quantitative estimate of drug-likeness (QED) is 0.627. The number of hydrogen-bond donors (Lipinski definition) is 1. The van der Waals surface area contributed by atoms with Crippen LogP contribution in [0.5, 0.6) is 5.75 Å². The second-order valence-electron chi connectivity index (χ2n) is 6.75.